The van der Waals surface area contributed by atoms with Gasteiger partial charge >= 0.3 is 0 Å². The summed E-state index contributed by atoms with van der Waals surface area (Å²) in [5.74, 6) is 0.921. The topological polar surface area (TPSA) is 99.2 Å². The van der Waals surface area contributed by atoms with Gasteiger partial charge < -0.3 is 19.1 Å². The molecule has 2 aromatic heterocycles. The van der Waals surface area contributed by atoms with Crippen LogP contribution < -0.4 is 10.7 Å². The Balaban J connectivity index is 1.36. The SMILES string of the molecule is Cc1cc(=O)c2ccccc2n1CC(=O)NCCc1noc([C@H]2CCCO2)n1. The van der Waals surface area contributed by atoms with E-state index in [1.165, 1.54) is 0 Å². The summed E-state index contributed by atoms with van der Waals surface area (Å²) in [7, 11) is 0. The minimum absolute atomic E-state index is 0.0380. The van der Waals surface area contributed by atoms with Crippen LogP contribution in [0.25, 0.3) is 10.9 Å². The molecule has 4 rings (SSSR count). The highest BCUT2D eigenvalue weighted by atomic mass is 16.5. The second kappa shape index (κ2) is 7.93. The number of amides is 1. The number of nitrogens with one attached hydrogen (secondary N) is 1. The van der Waals surface area contributed by atoms with Crippen molar-refractivity contribution in [1.29, 1.82) is 0 Å². The monoisotopic (exact) mass is 382 g/mol. The first-order valence-corrected chi connectivity index (χ1v) is 9.42. The lowest BCUT2D eigenvalue weighted by Crippen LogP contribution is -2.30. The fourth-order valence-electron chi connectivity index (χ4n) is 3.45. The highest BCUT2D eigenvalue weighted by Crippen LogP contribution is 2.26. The number of fused-ring (bicyclic) bond motifs is 1. The van der Waals surface area contributed by atoms with Gasteiger partial charge in [-0.15, -0.1) is 0 Å². The Hall–Kier alpha value is -3.00. The molecular weight excluding hydrogens is 360 g/mol. The van der Waals surface area contributed by atoms with Crippen molar-refractivity contribution in [3.63, 3.8) is 0 Å². The van der Waals surface area contributed by atoms with Gasteiger partial charge in [0.25, 0.3) is 5.89 Å². The predicted octanol–water partition coefficient (Wildman–Crippen LogP) is 1.90. The Morgan fingerprint density at radius 3 is 3.04 bits per heavy atom. The number of ether oxygens (including phenoxy) is 1. The highest BCUT2D eigenvalue weighted by molar-refractivity contribution is 5.82. The molecular formula is C20H22N4O4. The zero-order valence-corrected chi connectivity index (χ0v) is 15.7. The highest BCUT2D eigenvalue weighted by Gasteiger charge is 2.23. The minimum Gasteiger partial charge on any atom is -0.368 e. The molecule has 3 aromatic rings. The molecule has 1 N–H and O–H groups in total. The van der Waals surface area contributed by atoms with Crippen LogP contribution in [0.2, 0.25) is 0 Å². The predicted molar refractivity (Wildman–Crippen MR) is 102 cm³/mol. The Kier molecular flexibility index (Phi) is 5.21. The van der Waals surface area contributed by atoms with Gasteiger partial charge in [0.15, 0.2) is 11.3 Å². The van der Waals surface area contributed by atoms with E-state index in [0.717, 1.165) is 30.7 Å². The van der Waals surface area contributed by atoms with Crippen LogP contribution in [0.15, 0.2) is 39.6 Å². The zero-order valence-electron chi connectivity index (χ0n) is 15.7. The lowest BCUT2D eigenvalue weighted by Gasteiger charge is -2.14. The van der Waals surface area contributed by atoms with Crippen molar-refractivity contribution in [2.75, 3.05) is 13.2 Å². The van der Waals surface area contributed by atoms with Crippen molar-refractivity contribution < 1.29 is 14.1 Å². The molecule has 0 unspecified atom stereocenters. The molecule has 0 aliphatic carbocycles. The molecule has 28 heavy (non-hydrogen) atoms. The van der Waals surface area contributed by atoms with Crippen LogP contribution in [-0.4, -0.2) is 33.8 Å². The molecule has 0 bridgehead atoms. The molecule has 146 valence electrons. The minimum atomic E-state index is -0.139. The van der Waals surface area contributed by atoms with Gasteiger partial charge in [0.2, 0.25) is 5.91 Å². The van der Waals surface area contributed by atoms with Gasteiger partial charge in [0, 0.05) is 36.7 Å². The molecule has 1 saturated heterocycles. The quantitative estimate of drug-likeness (QED) is 0.699. The molecule has 0 saturated carbocycles. The van der Waals surface area contributed by atoms with E-state index in [-0.39, 0.29) is 24.0 Å². The van der Waals surface area contributed by atoms with E-state index in [0.29, 0.717) is 30.1 Å². The molecule has 1 amide bonds. The molecule has 1 aromatic carbocycles. The second-order valence-electron chi connectivity index (χ2n) is 6.90. The third-order valence-electron chi connectivity index (χ3n) is 4.89. The van der Waals surface area contributed by atoms with E-state index in [2.05, 4.69) is 15.5 Å². The Morgan fingerprint density at radius 1 is 1.36 bits per heavy atom. The van der Waals surface area contributed by atoms with E-state index >= 15 is 0 Å². The normalized spacial score (nSPS) is 16.5. The average molecular weight is 382 g/mol. The summed E-state index contributed by atoms with van der Waals surface area (Å²) in [4.78, 5) is 28.9. The van der Waals surface area contributed by atoms with Crippen LogP contribution in [-0.2, 0) is 22.5 Å². The number of aromatic nitrogens is 3. The molecule has 1 fully saturated rings. The largest absolute Gasteiger partial charge is 0.368 e. The molecule has 8 nitrogen and oxygen atoms in total. The third-order valence-corrected chi connectivity index (χ3v) is 4.89. The molecule has 3 heterocycles. The lowest BCUT2D eigenvalue weighted by atomic mass is 10.2. The van der Waals surface area contributed by atoms with E-state index in [4.69, 9.17) is 9.26 Å². The van der Waals surface area contributed by atoms with Crippen LogP contribution in [0.4, 0.5) is 0 Å². The molecule has 8 heteroatoms. The van der Waals surface area contributed by atoms with E-state index in [9.17, 15) is 9.59 Å². The first kappa shape index (κ1) is 18.4. The first-order chi connectivity index (χ1) is 13.6. The maximum Gasteiger partial charge on any atom is 0.255 e. The van der Waals surface area contributed by atoms with Crippen molar-refractivity contribution in [3.8, 4) is 0 Å². The zero-order chi connectivity index (χ0) is 19.5. The standard InChI is InChI=1S/C20H22N4O4/c1-13-11-16(25)14-5-2-3-6-15(14)24(13)12-19(26)21-9-8-18-22-20(28-23-18)17-7-4-10-27-17/h2-3,5-6,11,17H,4,7-10,12H2,1H3,(H,21,26)/t17-/m1/s1. The number of carbonyl (C=O) groups excluding carboxylic acids is 1. The Morgan fingerprint density at radius 2 is 2.21 bits per heavy atom. The summed E-state index contributed by atoms with van der Waals surface area (Å²) in [5.41, 5.74) is 1.46. The fourth-order valence-corrected chi connectivity index (χ4v) is 3.45. The van der Waals surface area contributed by atoms with E-state index in [1.807, 2.05) is 29.7 Å². The molecule has 1 aliphatic rings. The summed E-state index contributed by atoms with van der Waals surface area (Å²) < 4.78 is 12.6. The number of hydrogen-bond acceptors (Lipinski definition) is 6. The Bertz CT molecular complexity index is 1050. The van der Waals surface area contributed by atoms with Crippen molar-refractivity contribution >= 4 is 16.8 Å². The Labute approximate surface area is 161 Å². The number of para-hydroxylation sites is 1. The van der Waals surface area contributed by atoms with Crippen molar-refractivity contribution in [1.82, 2.24) is 20.0 Å². The van der Waals surface area contributed by atoms with Gasteiger partial charge in [0.05, 0.1) is 5.52 Å². The van der Waals surface area contributed by atoms with Crippen molar-refractivity contribution in [3.05, 3.63) is 58.0 Å². The van der Waals surface area contributed by atoms with Crippen molar-refractivity contribution in [2.24, 2.45) is 0 Å². The number of pyridine rings is 1. The van der Waals surface area contributed by atoms with E-state index in [1.54, 1.807) is 12.1 Å². The van der Waals surface area contributed by atoms with Crippen LogP contribution in [0, 0.1) is 6.92 Å². The smallest absolute Gasteiger partial charge is 0.255 e. The van der Waals surface area contributed by atoms with Crippen LogP contribution in [0.5, 0.6) is 0 Å². The molecule has 1 atom stereocenters. The van der Waals surface area contributed by atoms with E-state index < -0.39 is 0 Å². The third kappa shape index (κ3) is 3.82. The van der Waals surface area contributed by atoms with Crippen LogP contribution in [0.3, 0.4) is 0 Å². The number of carbonyl (C=O) groups is 1. The maximum atomic E-state index is 12.4. The van der Waals surface area contributed by atoms with Crippen LogP contribution in [0.1, 0.15) is 36.4 Å². The lowest BCUT2D eigenvalue weighted by molar-refractivity contribution is -0.121. The number of hydrogen-bond donors (Lipinski definition) is 1. The van der Waals surface area contributed by atoms with Gasteiger partial charge in [0.1, 0.15) is 12.6 Å². The number of aryl methyl sites for hydroxylation is 1. The number of rotatable bonds is 6. The molecule has 0 radical (unpaired) electrons. The maximum absolute atomic E-state index is 12.4. The summed E-state index contributed by atoms with van der Waals surface area (Å²) in [6.07, 6.45) is 2.27. The van der Waals surface area contributed by atoms with Gasteiger partial charge in [-0.3, -0.25) is 9.59 Å². The molecule has 1 aliphatic heterocycles. The van der Waals surface area contributed by atoms with Crippen LogP contribution >= 0.6 is 0 Å². The second-order valence-corrected chi connectivity index (χ2v) is 6.90. The summed E-state index contributed by atoms with van der Waals surface area (Å²) in [5, 5.41) is 7.43. The van der Waals surface area contributed by atoms with Gasteiger partial charge in [-0.2, -0.15) is 4.98 Å². The number of benzene rings is 1. The first-order valence-electron chi connectivity index (χ1n) is 9.42. The van der Waals surface area contributed by atoms with Gasteiger partial charge in [-0.25, -0.2) is 0 Å². The summed E-state index contributed by atoms with van der Waals surface area (Å²) in [6.45, 7) is 3.09. The van der Waals surface area contributed by atoms with Gasteiger partial charge in [-0.05, 0) is 31.9 Å². The summed E-state index contributed by atoms with van der Waals surface area (Å²) in [6, 6.07) is 8.86. The average Bonchev–Trinajstić information content (AvgIpc) is 3.37. The summed E-state index contributed by atoms with van der Waals surface area (Å²) >= 11 is 0. The van der Waals surface area contributed by atoms with Gasteiger partial charge in [-0.1, -0.05) is 17.3 Å². The number of nitrogens with zero attached hydrogens (tertiary/aromatic N) is 3. The van der Waals surface area contributed by atoms with Crippen molar-refractivity contribution in [2.45, 2.75) is 38.8 Å². The molecule has 0 spiro atoms. The fraction of sp³-hybridized carbons (Fsp3) is 0.400.